The van der Waals surface area contributed by atoms with Crippen molar-refractivity contribution in [3.05, 3.63) is 47.1 Å². The lowest BCUT2D eigenvalue weighted by Crippen LogP contribution is -2.08. The van der Waals surface area contributed by atoms with Gasteiger partial charge in [0.2, 0.25) is 0 Å². The molecule has 2 nitrogen and oxygen atoms in total. The second-order valence-electron chi connectivity index (χ2n) is 3.42. The van der Waals surface area contributed by atoms with E-state index in [1.165, 1.54) is 18.5 Å². The highest BCUT2D eigenvalue weighted by Gasteiger charge is 2.34. The zero-order valence-corrected chi connectivity index (χ0v) is 9.43. The largest absolute Gasteiger partial charge is 0.419 e. The Labute approximate surface area is 104 Å². The van der Waals surface area contributed by atoms with Crippen molar-refractivity contribution in [3.63, 3.8) is 0 Å². The van der Waals surface area contributed by atoms with Crippen molar-refractivity contribution in [3.8, 4) is 11.3 Å². The molecular formula is C11H5ClF4N2. The Morgan fingerprint density at radius 1 is 1.06 bits per heavy atom. The molecule has 1 aromatic carbocycles. The summed E-state index contributed by atoms with van der Waals surface area (Å²) in [6, 6.07) is 2.63. The third-order valence-corrected chi connectivity index (χ3v) is 2.38. The van der Waals surface area contributed by atoms with Gasteiger partial charge in [0.05, 0.1) is 23.7 Å². The van der Waals surface area contributed by atoms with Gasteiger partial charge in [-0.05, 0) is 18.2 Å². The van der Waals surface area contributed by atoms with Crippen molar-refractivity contribution in [1.82, 2.24) is 9.97 Å². The first-order chi connectivity index (χ1) is 8.38. The minimum Gasteiger partial charge on any atom is -0.251 e. The molecule has 0 fully saturated rings. The van der Waals surface area contributed by atoms with E-state index in [2.05, 4.69) is 9.97 Å². The van der Waals surface area contributed by atoms with Gasteiger partial charge in [0.1, 0.15) is 11.0 Å². The van der Waals surface area contributed by atoms with Crippen LogP contribution in [0.4, 0.5) is 17.6 Å². The zero-order chi connectivity index (χ0) is 13.3. The quantitative estimate of drug-likeness (QED) is 0.737. The summed E-state index contributed by atoms with van der Waals surface area (Å²) in [6.45, 7) is 0. The van der Waals surface area contributed by atoms with Gasteiger partial charge < -0.3 is 0 Å². The maximum absolute atomic E-state index is 13.1. The van der Waals surface area contributed by atoms with Gasteiger partial charge in [-0.25, -0.2) is 9.37 Å². The summed E-state index contributed by atoms with van der Waals surface area (Å²) in [5, 5.41) is 0.122. The first kappa shape index (κ1) is 12.8. The molecule has 0 aliphatic rings. The lowest BCUT2D eigenvalue weighted by atomic mass is 10.1. The van der Waals surface area contributed by atoms with Crippen LogP contribution < -0.4 is 0 Å². The molecule has 0 atom stereocenters. The average molecular weight is 277 g/mol. The molecule has 0 aliphatic carbocycles. The van der Waals surface area contributed by atoms with Gasteiger partial charge >= 0.3 is 6.18 Å². The highest BCUT2D eigenvalue weighted by Crippen LogP contribution is 2.33. The standard InChI is InChI=1S/C11H5ClF4N2/c12-10-5-17-9(4-18-10)6-1-2-8(13)7(3-6)11(14,15)16/h1-5H. The van der Waals surface area contributed by atoms with Crippen LogP contribution in [0.2, 0.25) is 5.15 Å². The molecule has 0 radical (unpaired) electrons. The second-order valence-corrected chi connectivity index (χ2v) is 3.80. The predicted molar refractivity (Wildman–Crippen MR) is 57.4 cm³/mol. The van der Waals surface area contributed by atoms with Gasteiger partial charge in [0.25, 0.3) is 0 Å². The van der Waals surface area contributed by atoms with Crippen molar-refractivity contribution < 1.29 is 17.6 Å². The van der Waals surface area contributed by atoms with E-state index in [0.29, 0.717) is 6.07 Å². The maximum Gasteiger partial charge on any atom is 0.419 e. The van der Waals surface area contributed by atoms with Gasteiger partial charge in [-0.2, -0.15) is 13.2 Å². The number of aromatic nitrogens is 2. The van der Waals surface area contributed by atoms with Crippen molar-refractivity contribution in [1.29, 1.82) is 0 Å². The van der Waals surface area contributed by atoms with E-state index in [1.54, 1.807) is 0 Å². The maximum atomic E-state index is 13.1. The third kappa shape index (κ3) is 2.59. The summed E-state index contributed by atoms with van der Waals surface area (Å²) in [5.74, 6) is -1.33. The lowest BCUT2D eigenvalue weighted by Gasteiger charge is -2.09. The number of hydrogen-bond donors (Lipinski definition) is 0. The highest BCUT2D eigenvalue weighted by atomic mass is 35.5. The summed E-state index contributed by atoms with van der Waals surface area (Å²) in [7, 11) is 0. The van der Waals surface area contributed by atoms with E-state index in [0.717, 1.165) is 6.07 Å². The van der Waals surface area contributed by atoms with Crippen molar-refractivity contribution in [2.45, 2.75) is 6.18 Å². The molecule has 18 heavy (non-hydrogen) atoms. The molecule has 2 aromatic rings. The molecule has 94 valence electrons. The van der Waals surface area contributed by atoms with Crippen molar-refractivity contribution in [2.24, 2.45) is 0 Å². The van der Waals surface area contributed by atoms with Gasteiger partial charge in [0, 0.05) is 5.56 Å². The summed E-state index contributed by atoms with van der Waals surface area (Å²) in [4.78, 5) is 7.51. The Morgan fingerprint density at radius 2 is 1.78 bits per heavy atom. The number of benzene rings is 1. The fourth-order valence-electron chi connectivity index (χ4n) is 1.36. The monoisotopic (exact) mass is 276 g/mol. The van der Waals surface area contributed by atoms with E-state index in [1.807, 2.05) is 0 Å². The van der Waals surface area contributed by atoms with E-state index in [-0.39, 0.29) is 16.4 Å². The average Bonchev–Trinajstić information content (AvgIpc) is 2.29. The number of nitrogens with zero attached hydrogens (tertiary/aromatic N) is 2. The number of halogens is 5. The van der Waals surface area contributed by atoms with Crippen LogP contribution >= 0.6 is 11.6 Å². The van der Waals surface area contributed by atoms with E-state index in [9.17, 15) is 17.6 Å². The zero-order valence-electron chi connectivity index (χ0n) is 8.67. The summed E-state index contributed by atoms with van der Waals surface area (Å²) in [5.41, 5.74) is -1.03. The van der Waals surface area contributed by atoms with Crippen molar-refractivity contribution >= 4 is 11.6 Å². The van der Waals surface area contributed by atoms with Crippen LogP contribution in [0.1, 0.15) is 5.56 Å². The Morgan fingerprint density at radius 3 is 2.33 bits per heavy atom. The molecular weight excluding hydrogens is 272 g/mol. The summed E-state index contributed by atoms with van der Waals surface area (Å²) in [6.07, 6.45) is -2.33. The highest BCUT2D eigenvalue weighted by molar-refractivity contribution is 6.29. The molecule has 0 spiro atoms. The first-order valence-corrected chi connectivity index (χ1v) is 5.10. The molecule has 1 heterocycles. The molecule has 0 saturated heterocycles. The Bertz CT molecular complexity index is 566. The van der Waals surface area contributed by atoms with Gasteiger partial charge in [-0.1, -0.05) is 11.6 Å². The van der Waals surface area contributed by atoms with Gasteiger partial charge in [0.15, 0.2) is 0 Å². The minimum atomic E-state index is -4.75. The molecule has 0 N–H and O–H groups in total. The van der Waals surface area contributed by atoms with Gasteiger partial charge in [-0.3, -0.25) is 4.98 Å². The van der Waals surface area contributed by atoms with E-state index < -0.39 is 17.6 Å². The molecule has 0 aliphatic heterocycles. The molecule has 1 aromatic heterocycles. The van der Waals surface area contributed by atoms with Crippen molar-refractivity contribution in [2.75, 3.05) is 0 Å². The molecule has 0 bridgehead atoms. The first-order valence-electron chi connectivity index (χ1n) is 4.72. The lowest BCUT2D eigenvalue weighted by molar-refractivity contribution is -0.139. The Balaban J connectivity index is 2.50. The van der Waals surface area contributed by atoms with Crippen LogP contribution in [-0.2, 0) is 6.18 Å². The van der Waals surface area contributed by atoms with Crippen LogP contribution in [0.3, 0.4) is 0 Å². The van der Waals surface area contributed by atoms with Crippen LogP contribution in [0, 0.1) is 5.82 Å². The van der Waals surface area contributed by atoms with E-state index >= 15 is 0 Å². The van der Waals surface area contributed by atoms with Gasteiger partial charge in [-0.15, -0.1) is 0 Å². The number of hydrogen-bond acceptors (Lipinski definition) is 2. The SMILES string of the molecule is Fc1ccc(-c2cnc(Cl)cn2)cc1C(F)(F)F. The minimum absolute atomic E-state index is 0.118. The summed E-state index contributed by atoms with van der Waals surface area (Å²) >= 11 is 5.51. The topological polar surface area (TPSA) is 25.8 Å². The predicted octanol–water partition coefficient (Wildman–Crippen LogP) is 3.95. The van der Waals surface area contributed by atoms with Crippen LogP contribution in [-0.4, -0.2) is 9.97 Å². The molecule has 0 saturated carbocycles. The normalized spacial score (nSPS) is 11.6. The Kier molecular flexibility index (Phi) is 3.21. The summed E-state index contributed by atoms with van der Waals surface area (Å²) < 4.78 is 50.6. The second kappa shape index (κ2) is 4.53. The van der Waals surface area contributed by atoms with Crippen LogP contribution in [0.25, 0.3) is 11.3 Å². The molecule has 2 rings (SSSR count). The fraction of sp³-hybridized carbons (Fsp3) is 0.0909. The molecule has 7 heteroatoms. The van der Waals surface area contributed by atoms with E-state index in [4.69, 9.17) is 11.6 Å². The number of alkyl halides is 3. The Hall–Kier alpha value is -1.69. The third-order valence-electron chi connectivity index (χ3n) is 2.19. The fourth-order valence-corrected chi connectivity index (χ4v) is 1.46. The van der Waals surface area contributed by atoms with Crippen LogP contribution in [0.15, 0.2) is 30.6 Å². The molecule has 0 unspecified atom stereocenters. The van der Waals surface area contributed by atoms with Crippen LogP contribution in [0.5, 0.6) is 0 Å². The number of rotatable bonds is 1. The smallest absolute Gasteiger partial charge is 0.251 e. The molecule has 0 amide bonds.